The molecule has 31 heavy (non-hydrogen) atoms. The average Bonchev–Trinajstić information content (AvgIpc) is 2.76. The highest BCUT2D eigenvalue weighted by Gasteiger charge is 2.12. The van der Waals surface area contributed by atoms with Crippen molar-refractivity contribution in [2.75, 3.05) is 54.2 Å². The Morgan fingerprint density at radius 3 is 2.29 bits per heavy atom. The van der Waals surface area contributed by atoms with E-state index < -0.39 is 0 Å². The normalized spacial score (nSPS) is 10.6. The van der Waals surface area contributed by atoms with E-state index in [1.807, 2.05) is 38.4 Å². The van der Waals surface area contributed by atoms with Gasteiger partial charge in [0.15, 0.2) is 0 Å². The Labute approximate surface area is 184 Å². The van der Waals surface area contributed by atoms with Crippen LogP contribution in [0.4, 0.5) is 29.2 Å². The van der Waals surface area contributed by atoms with Gasteiger partial charge in [-0.15, -0.1) is 0 Å². The van der Waals surface area contributed by atoms with E-state index in [2.05, 4.69) is 61.4 Å². The van der Waals surface area contributed by atoms with Gasteiger partial charge in [0.1, 0.15) is 5.75 Å². The van der Waals surface area contributed by atoms with Crippen molar-refractivity contribution in [1.82, 2.24) is 15.0 Å². The molecule has 164 valence electrons. The number of benzene rings is 2. The van der Waals surface area contributed by atoms with Crippen molar-refractivity contribution < 1.29 is 5.11 Å². The summed E-state index contributed by atoms with van der Waals surface area (Å²) in [5.41, 5.74) is 3.13. The Bertz CT molecular complexity index is 972. The first-order chi connectivity index (χ1) is 15.0. The largest absolute Gasteiger partial charge is 0.508 e. The molecule has 0 aliphatic carbocycles. The van der Waals surface area contributed by atoms with E-state index in [0.29, 0.717) is 24.4 Å². The fourth-order valence-corrected chi connectivity index (χ4v) is 3.12. The van der Waals surface area contributed by atoms with Crippen molar-refractivity contribution >= 4 is 29.2 Å². The predicted molar refractivity (Wildman–Crippen MR) is 128 cm³/mol. The van der Waals surface area contributed by atoms with E-state index in [-0.39, 0.29) is 5.75 Å². The molecule has 0 fully saturated rings. The monoisotopic (exact) mass is 421 g/mol. The average molecular weight is 422 g/mol. The molecule has 8 heteroatoms. The highest BCUT2D eigenvalue weighted by molar-refractivity contribution is 5.62. The van der Waals surface area contributed by atoms with Gasteiger partial charge in [-0.2, -0.15) is 15.0 Å². The van der Waals surface area contributed by atoms with E-state index in [9.17, 15) is 5.11 Å². The molecule has 8 nitrogen and oxygen atoms in total. The molecule has 1 heterocycles. The number of hydrogen-bond donors (Lipinski definition) is 3. The lowest BCUT2D eigenvalue weighted by Gasteiger charge is -2.20. The highest BCUT2D eigenvalue weighted by atomic mass is 16.3. The van der Waals surface area contributed by atoms with Crippen LogP contribution in [0.1, 0.15) is 19.4 Å². The first-order valence-electron chi connectivity index (χ1n) is 10.6. The van der Waals surface area contributed by atoms with Crippen LogP contribution in [-0.4, -0.2) is 53.8 Å². The van der Waals surface area contributed by atoms with E-state index in [1.165, 1.54) is 0 Å². The zero-order valence-corrected chi connectivity index (χ0v) is 18.6. The summed E-state index contributed by atoms with van der Waals surface area (Å²) in [7, 11) is 4.02. The molecule has 2 aromatic carbocycles. The molecule has 0 spiro atoms. The van der Waals surface area contributed by atoms with Crippen molar-refractivity contribution in [2.24, 2.45) is 0 Å². The van der Waals surface area contributed by atoms with Gasteiger partial charge in [-0.3, -0.25) is 0 Å². The molecule has 0 aliphatic heterocycles. The van der Waals surface area contributed by atoms with Gasteiger partial charge < -0.3 is 25.5 Å². The molecule has 3 aromatic rings. The Balaban J connectivity index is 1.78. The topological polar surface area (TPSA) is 89.4 Å². The summed E-state index contributed by atoms with van der Waals surface area (Å²) in [6, 6.07) is 15.3. The third kappa shape index (κ3) is 6.21. The number of anilines is 5. The first kappa shape index (κ1) is 22.1. The minimum atomic E-state index is 0.270. The molecule has 1 aromatic heterocycles. The molecule has 0 amide bonds. The van der Waals surface area contributed by atoms with E-state index in [0.717, 1.165) is 36.4 Å². The minimum absolute atomic E-state index is 0.270. The third-order valence-electron chi connectivity index (χ3n) is 4.92. The quantitative estimate of drug-likeness (QED) is 0.454. The molecule has 3 N–H and O–H groups in total. The summed E-state index contributed by atoms with van der Waals surface area (Å²) in [5, 5.41) is 16.1. The maximum atomic E-state index is 9.43. The number of phenolic OH excluding ortho intramolecular Hbond substituents is 1. The molecule has 0 radical (unpaired) electrons. The van der Waals surface area contributed by atoms with Gasteiger partial charge >= 0.3 is 0 Å². The highest BCUT2D eigenvalue weighted by Crippen LogP contribution is 2.22. The van der Waals surface area contributed by atoms with E-state index >= 15 is 0 Å². The summed E-state index contributed by atoms with van der Waals surface area (Å²) in [4.78, 5) is 18.0. The fourth-order valence-electron chi connectivity index (χ4n) is 3.12. The van der Waals surface area contributed by atoms with Gasteiger partial charge in [0, 0.05) is 45.1 Å². The van der Waals surface area contributed by atoms with Gasteiger partial charge in [-0.05, 0) is 56.2 Å². The Kier molecular flexibility index (Phi) is 7.48. The van der Waals surface area contributed by atoms with Crippen LogP contribution in [0.2, 0.25) is 0 Å². The molecule has 0 saturated carbocycles. The zero-order chi connectivity index (χ0) is 22.2. The standard InChI is InChI=1S/C23H31N7O/c1-5-30(6-2)23-27-21(24-15-14-17-10-12-20(31)13-11-17)26-22(28-23)25-18-8-7-9-19(16-18)29(3)4/h7-13,16,31H,5-6,14-15H2,1-4H3,(H2,24,25,26,27,28). The van der Waals surface area contributed by atoms with E-state index in [4.69, 9.17) is 0 Å². The van der Waals surface area contributed by atoms with Gasteiger partial charge in [0.2, 0.25) is 17.8 Å². The Morgan fingerprint density at radius 1 is 0.903 bits per heavy atom. The number of nitrogens with one attached hydrogen (secondary N) is 2. The molecule has 3 rings (SSSR count). The summed E-state index contributed by atoms with van der Waals surface area (Å²) in [6.45, 7) is 6.45. The van der Waals surface area contributed by atoms with Crippen molar-refractivity contribution in [3.63, 3.8) is 0 Å². The molecular weight excluding hydrogens is 390 g/mol. The second-order valence-electron chi connectivity index (χ2n) is 7.37. The lowest BCUT2D eigenvalue weighted by atomic mass is 10.1. The smallest absolute Gasteiger partial charge is 0.233 e. The lowest BCUT2D eigenvalue weighted by molar-refractivity contribution is 0.475. The van der Waals surface area contributed by atoms with Gasteiger partial charge in [-0.25, -0.2) is 0 Å². The Hall–Kier alpha value is -3.55. The maximum absolute atomic E-state index is 9.43. The van der Waals surface area contributed by atoms with Crippen molar-refractivity contribution in [2.45, 2.75) is 20.3 Å². The molecule has 0 bridgehead atoms. The van der Waals surface area contributed by atoms with Gasteiger partial charge in [0.05, 0.1) is 0 Å². The van der Waals surface area contributed by atoms with Crippen molar-refractivity contribution in [3.05, 3.63) is 54.1 Å². The molecule has 0 unspecified atom stereocenters. The summed E-state index contributed by atoms with van der Waals surface area (Å²) in [5.74, 6) is 1.94. The van der Waals surface area contributed by atoms with Gasteiger partial charge in [0.25, 0.3) is 0 Å². The molecule has 0 saturated heterocycles. The van der Waals surface area contributed by atoms with Crippen molar-refractivity contribution in [3.8, 4) is 5.75 Å². The summed E-state index contributed by atoms with van der Waals surface area (Å²) < 4.78 is 0. The fraction of sp³-hybridized carbons (Fsp3) is 0.348. The van der Waals surface area contributed by atoms with Crippen LogP contribution < -0.4 is 20.4 Å². The van der Waals surface area contributed by atoms with Crippen LogP contribution in [0.25, 0.3) is 0 Å². The number of phenols is 1. The number of nitrogens with zero attached hydrogens (tertiary/aromatic N) is 5. The van der Waals surface area contributed by atoms with Crippen LogP contribution >= 0.6 is 0 Å². The maximum Gasteiger partial charge on any atom is 0.233 e. The first-order valence-corrected chi connectivity index (χ1v) is 10.6. The van der Waals surface area contributed by atoms with Crippen LogP contribution in [-0.2, 0) is 6.42 Å². The second-order valence-corrected chi connectivity index (χ2v) is 7.37. The molecule has 0 atom stereocenters. The van der Waals surface area contributed by atoms with Crippen LogP contribution in [0.5, 0.6) is 5.75 Å². The second kappa shape index (κ2) is 10.5. The van der Waals surface area contributed by atoms with E-state index in [1.54, 1.807) is 12.1 Å². The number of hydrogen-bond acceptors (Lipinski definition) is 8. The number of aromatic nitrogens is 3. The SMILES string of the molecule is CCN(CC)c1nc(NCCc2ccc(O)cc2)nc(Nc2cccc(N(C)C)c2)n1. The molecule has 0 aliphatic rings. The molecular formula is C23H31N7O. The lowest BCUT2D eigenvalue weighted by Crippen LogP contribution is -2.25. The summed E-state index contributed by atoms with van der Waals surface area (Å²) >= 11 is 0. The zero-order valence-electron chi connectivity index (χ0n) is 18.6. The van der Waals surface area contributed by atoms with Gasteiger partial charge in [-0.1, -0.05) is 18.2 Å². The third-order valence-corrected chi connectivity index (χ3v) is 4.92. The number of rotatable bonds is 10. The van der Waals surface area contributed by atoms with Crippen LogP contribution in [0, 0.1) is 0 Å². The minimum Gasteiger partial charge on any atom is -0.508 e. The van der Waals surface area contributed by atoms with Crippen LogP contribution in [0.3, 0.4) is 0 Å². The number of aromatic hydroxyl groups is 1. The van der Waals surface area contributed by atoms with Crippen LogP contribution in [0.15, 0.2) is 48.5 Å². The predicted octanol–water partition coefficient (Wildman–Crippen LogP) is 3.89. The summed E-state index contributed by atoms with van der Waals surface area (Å²) in [6.07, 6.45) is 0.792. The van der Waals surface area contributed by atoms with Crippen molar-refractivity contribution in [1.29, 1.82) is 0 Å². The Morgan fingerprint density at radius 2 is 1.61 bits per heavy atom.